The summed E-state index contributed by atoms with van der Waals surface area (Å²) < 4.78 is 23.1. The van der Waals surface area contributed by atoms with Crippen LogP contribution in [0.1, 0.15) is 19.8 Å². The van der Waals surface area contributed by atoms with E-state index in [1.165, 1.54) is 0 Å². The molecule has 1 N–H and O–H groups in total. The van der Waals surface area contributed by atoms with Crippen LogP contribution in [0.3, 0.4) is 0 Å². The third-order valence-corrected chi connectivity index (χ3v) is 5.26. The first-order valence-electron chi connectivity index (χ1n) is 5.75. The lowest BCUT2D eigenvalue weighted by molar-refractivity contribution is 0.119. The molecule has 0 saturated carbocycles. The van der Waals surface area contributed by atoms with Crippen molar-refractivity contribution in [3.8, 4) is 0 Å². The van der Waals surface area contributed by atoms with Gasteiger partial charge in [0.05, 0.1) is 11.5 Å². The van der Waals surface area contributed by atoms with Crippen LogP contribution in [0.5, 0.6) is 0 Å². The van der Waals surface area contributed by atoms with Crippen LogP contribution in [0, 0.1) is 0 Å². The van der Waals surface area contributed by atoms with Gasteiger partial charge in [-0.25, -0.2) is 8.42 Å². The van der Waals surface area contributed by atoms with Gasteiger partial charge in [0.25, 0.3) is 0 Å². The molecule has 15 heavy (non-hydrogen) atoms. The van der Waals surface area contributed by atoms with Gasteiger partial charge < -0.3 is 5.32 Å². The van der Waals surface area contributed by atoms with Gasteiger partial charge in [0.15, 0.2) is 9.84 Å². The van der Waals surface area contributed by atoms with Crippen molar-refractivity contribution in [2.45, 2.75) is 31.8 Å². The summed E-state index contributed by atoms with van der Waals surface area (Å²) in [4.78, 5) is 2.37. The molecule has 0 aromatic heterocycles. The summed E-state index contributed by atoms with van der Waals surface area (Å²) in [6, 6.07) is 0.734. The van der Waals surface area contributed by atoms with Gasteiger partial charge >= 0.3 is 0 Å². The van der Waals surface area contributed by atoms with Gasteiger partial charge in [-0.1, -0.05) is 0 Å². The minimum absolute atomic E-state index is 0.265. The molecule has 2 heterocycles. The summed E-state index contributed by atoms with van der Waals surface area (Å²) in [5, 5.41) is 3.33. The van der Waals surface area contributed by atoms with Gasteiger partial charge in [-0.05, 0) is 19.8 Å². The number of hydrogen-bond donors (Lipinski definition) is 1. The molecule has 0 aliphatic carbocycles. The van der Waals surface area contributed by atoms with E-state index in [2.05, 4.69) is 17.1 Å². The average molecular weight is 232 g/mol. The largest absolute Gasteiger partial charge is 0.314 e. The number of sulfone groups is 1. The number of hydrogen-bond acceptors (Lipinski definition) is 4. The van der Waals surface area contributed by atoms with Crippen LogP contribution in [0.25, 0.3) is 0 Å². The van der Waals surface area contributed by atoms with E-state index in [4.69, 9.17) is 0 Å². The van der Waals surface area contributed by atoms with E-state index in [0.29, 0.717) is 17.5 Å². The fraction of sp³-hybridized carbons (Fsp3) is 1.00. The van der Waals surface area contributed by atoms with Crippen molar-refractivity contribution in [3.63, 3.8) is 0 Å². The van der Waals surface area contributed by atoms with E-state index in [1.54, 1.807) is 0 Å². The van der Waals surface area contributed by atoms with Crippen molar-refractivity contribution in [1.82, 2.24) is 10.2 Å². The molecular formula is C10H20N2O2S. The molecule has 88 valence electrons. The molecule has 0 spiro atoms. The predicted molar refractivity (Wildman–Crippen MR) is 60.7 cm³/mol. The van der Waals surface area contributed by atoms with Crippen LogP contribution in [0.2, 0.25) is 0 Å². The highest BCUT2D eigenvalue weighted by molar-refractivity contribution is 7.91. The van der Waals surface area contributed by atoms with Gasteiger partial charge in [-0.15, -0.1) is 0 Å². The van der Waals surface area contributed by atoms with Gasteiger partial charge in [0.1, 0.15) is 0 Å². The summed E-state index contributed by atoms with van der Waals surface area (Å²) in [6.07, 6.45) is 1.88. The molecular weight excluding hydrogens is 212 g/mol. The summed E-state index contributed by atoms with van der Waals surface area (Å²) in [6.45, 7) is 5.13. The summed E-state index contributed by atoms with van der Waals surface area (Å²) in [5.74, 6) is 0.765. The Morgan fingerprint density at radius 3 is 2.87 bits per heavy atom. The highest BCUT2D eigenvalue weighted by atomic mass is 32.2. The Kier molecular flexibility index (Phi) is 3.33. The second-order valence-electron chi connectivity index (χ2n) is 4.70. The third-order valence-electron chi connectivity index (χ3n) is 3.46. The fourth-order valence-corrected chi connectivity index (χ4v) is 4.38. The standard InChI is InChI=1S/C10H20N2O2S/c1-9-7-11-4-5-12(9)10-3-2-6-15(13,14)8-10/h9-11H,2-8H2,1H3. The van der Waals surface area contributed by atoms with Crippen LogP contribution in [0.15, 0.2) is 0 Å². The van der Waals surface area contributed by atoms with E-state index < -0.39 is 9.84 Å². The Morgan fingerprint density at radius 1 is 1.40 bits per heavy atom. The zero-order valence-corrected chi connectivity index (χ0v) is 10.1. The van der Waals surface area contributed by atoms with E-state index in [9.17, 15) is 8.42 Å². The van der Waals surface area contributed by atoms with Gasteiger partial charge in [0.2, 0.25) is 0 Å². The van der Waals surface area contributed by atoms with E-state index >= 15 is 0 Å². The van der Waals surface area contributed by atoms with Crippen LogP contribution in [-0.4, -0.2) is 56.5 Å². The van der Waals surface area contributed by atoms with Crippen molar-refractivity contribution >= 4 is 9.84 Å². The van der Waals surface area contributed by atoms with Gasteiger partial charge in [-0.2, -0.15) is 0 Å². The Balaban J connectivity index is 2.03. The molecule has 2 unspecified atom stereocenters. The Labute approximate surface area is 91.9 Å². The number of nitrogens with one attached hydrogen (secondary N) is 1. The normalized spacial score (nSPS) is 37.7. The van der Waals surface area contributed by atoms with Crippen molar-refractivity contribution in [3.05, 3.63) is 0 Å². The van der Waals surface area contributed by atoms with Crippen molar-refractivity contribution in [2.75, 3.05) is 31.1 Å². The molecule has 0 radical (unpaired) electrons. The van der Waals surface area contributed by atoms with E-state index in [-0.39, 0.29) is 6.04 Å². The lowest BCUT2D eigenvalue weighted by Gasteiger charge is -2.41. The molecule has 0 amide bonds. The topological polar surface area (TPSA) is 49.4 Å². The Morgan fingerprint density at radius 2 is 2.20 bits per heavy atom. The maximum Gasteiger partial charge on any atom is 0.151 e. The molecule has 0 aromatic carbocycles. The first-order valence-corrected chi connectivity index (χ1v) is 7.57. The molecule has 5 heteroatoms. The molecule has 2 saturated heterocycles. The highest BCUT2D eigenvalue weighted by Gasteiger charge is 2.32. The summed E-state index contributed by atoms with van der Waals surface area (Å²) in [7, 11) is -2.77. The van der Waals surface area contributed by atoms with Crippen LogP contribution < -0.4 is 5.32 Å². The maximum absolute atomic E-state index is 11.6. The fourth-order valence-electron chi connectivity index (χ4n) is 2.66. The number of nitrogens with zero attached hydrogens (tertiary/aromatic N) is 1. The van der Waals surface area contributed by atoms with Crippen molar-refractivity contribution < 1.29 is 8.42 Å². The minimum Gasteiger partial charge on any atom is -0.314 e. The zero-order chi connectivity index (χ0) is 10.9. The molecule has 2 rings (SSSR count). The molecule has 0 aromatic rings. The minimum atomic E-state index is -2.77. The lowest BCUT2D eigenvalue weighted by Crippen LogP contribution is -2.56. The zero-order valence-electron chi connectivity index (χ0n) is 9.28. The van der Waals surface area contributed by atoms with E-state index in [0.717, 1.165) is 32.5 Å². The first kappa shape index (κ1) is 11.4. The maximum atomic E-state index is 11.6. The lowest BCUT2D eigenvalue weighted by atomic mass is 10.1. The van der Waals surface area contributed by atoms with Crippen LogP contribution in [-0.2, 0) is 9.84 Å². The molecule has 4 nitrogen and oxygen atoms in total. The molecule has 2 aliphatic heterocycles. The molecule has 0 bridgehead atoms. The number of piperazine rings is 1. The quantitative estimate of drug-likeness (QED) is 0.683. The molecule has 2 aliphatic rings. The van der Waals surface area contributed by atoms with Crippen LogP contribution in [0.4, 0.5) is 0 Å². The first-order chi connectivity index (χ1) is 7.08. The van der Waals surface area contributed by atoms with Crippen LogP contribution >= 0.6 is 0 Å². The predicted octanol–water partition coefficient (Wildman–Crippen LogP) is -0.143. The van der Waals surface area contributed by atoms with E-state index in [1.807, 2.05) is 0 Å². The third kappa shape index (κ3) is 2.71. The summed E-state index contributed by atoms with van der Waals surface area (Å²) in [5.41, 5.74) is 0. The SMILES string of the molecule is CC1CNCCN1C1CCCS(=O)(=O)C1. The smallest absolute Gasteiger partial charge is 0.151 e. The molecule has 2 fully saturated rings. The van der Waals surface area contributed by atoms with Crippen molar-refractivity contribution in [2.24, 2.45) is 0 Å². The van der Waals surface area contributed by atoms with Gasteiger partial charge in [0, 0.05) is 31.7 Å². The number of rotatable bonds is 1. The Hall–Kier alpha value is -0.130. The second-order valence-corrected chi connectivity index (χ2v) is 6.93. The second kappa shape index (κ2) is 4.39. The summed E-state index contributed by atoms with van der Waals surface area (Å²) >= 11 is 0. The monoisotopic (exact) mass is 232 g/mol. The molecule has 2 atom stereocenters. The van der Waals surface area contributed by atoms with Crippen molar-refractivity contribution in [1.29, 1.82) is 0 Å². The Bertz CT molecular complexity index is 315. The average Bonchev–Trinajstić information content (AvgIpc) is 2.17. The highest BCUT2D eigenvalue weighted by Crippen LogP contribution is 2.20. The van der Waals surface area contributed by atoms with Gasteiger partial charge in [-0.3, -0.25) is 4.90 Å².